The second-order valence-corrected chi connectivity index (χ2v) is 6.26. The summed E-state index contributed by atoms with van der Waals surface area (Å²) in [5.41, 5.74) is 1.20. The lowest BCUT2D eigenvalue weighted by molar-refractivity contribution is -0.162. The standard InChI is InChI=1S/C17H18F3N5O3/c18-17(19,20)11-28-16(27)25-7-3-5-14(25)15(26)23-13-8-22-24(10-13)9-12-4-1-2-6-21-12/h1-2,4,6,8,10,14H,3,5,7,9,11H2,(H,23,26). The predicted molar refractivity (Wildman–Crippen MR) is 91.3 cm³/mol. The zero-order chi connectivity index (χ0) is 20.1. The van der Waals surface area contributed by atoms with E-state index in [1.54, 1.807) is 23.1 Å². The summed E-state index contributed by atoms with van der Waals surface area (Å²) in [6.45, 7) is -1.11. The van der Waals surface area contributed by atoms with E-state index in [1.807, 2.05) is 12.1 Å². The van der Waals surface area contributed by atoms with Crippen LogP contribution in [0.3, 0.4) is 0 Å². The number of hydrogen-bond donors (Lipinski definition) is 1. The molecule has 1 aliphatic rings. The molecule has 0 spiro atoms. The van der Waals surface area contributed by atoms with Gasteiger partial charge in [0.1, 0.15) is 6.04 Å². The molecule has 11 heteroatoms. The molecule has 1 fully saturated rings. The van der Waals surface area contributed by atoms with E-state index in [0.29, 0.717) is 25.1 Å². The molecular formula is C17H18F3N5O3. The highest BCUT2D eigenvalue weighted by atomic mass is 19.4. The van der Waals surface area contributed by atoms with Gasteiger partial charge in [0.15, 0.2) is 6.61 Å². The minimum atomic E-state index is -4.62. The molecule has 1 aliphatic heterocycles. The number of anilines is 1. The van der Waals surface area contributed by atoms with Crippen LogP contribution in [0.4, 0.5) is 23.7 Å². The van der Waals surface area contributed by atoms with Crippen LogP contribution in [0.2, 0.25) is 0 Å². The summed E-state index contributed by atoms with van der Waals surface area (Å²) in [4.78, 5) is 29.5. The summed E-state index contributed by atoms with van der Waals surface area (Å²) in [5, 5.41) is 6.77. The fourth-order valence-electron chi connectivity index (χ4n) is 2.88. The largest absolute Gasteiger partial charge is 0.440 e. The SMILES string of the molecule is O=C(Nc1cnn(Cc2ccccn2)c1)C1CCCN1C(=O)OCC(F)(F)F. The van der Waals surface area contributed by atoms with Crippen LogP contribution in [0.25, 0.3) is 0 Å². The third kappa shape index (κ3) is 5.21. The van der Waals surface area contributed by atoms with Crippen LogP contribution in [0.15, 0.2) is 36.8 Å². The molecular weight excluding hydrogens is 379 g/mol. The number of likely N-dealkylation sites (tertiary alicyclic amines) is 1. The number of ether oxygens (including phenoxy) is 1. The van der Waals surface area contributed by atoms with Gasteiger partial charge >= 0.3 is 12.3 Å². The van der Waals surface area contributed by atoms with Crippen molar-refractivity contribution in [3.8, 4) is 0 Å². The van der Waals surface area contributed by atoms with Crippen molar-refractivity contribution in [2.75, 3.05) is 18.5 Å². The second-order valence-electron chi connectivity index (χ2n) is 6.26. The highest BCUT2D eigenvalue weighted by Crippen LogP contribution is 2.22. The molecule has 1 saturated heterocycles. The first-order chi connectivity index (χ1) is 13.3. The summed E-state index contributed by atoms with van der Waals surface area (Å²) in [6, 6.07) is 4.59. The van der Waals surface area contributed by atoms with Crippen molar-refractivity contribution in [1.82, 2.24) is 19.7 Å². The van der Waals surface area contributed by atoms with E-state index < -0.39 is 30.8 Å². The van der Waals surface area contributed by atoms with E-state index in [-0.39, 0.29) is 6.54 Å². The molecule has 3 heterocycles. The van der Waals surface area contributed by atoms with E-state index in [9.17, 15) is 22.8 Å². The molecule has 0 aromatic carbocycles. The van der Waals surface area contributed by atoms with Gasteiger partial charge in [0.05, 0.1) is 24.1 Å². The molecule has 0 radical (unpaired) electrons. The van der Waals surface area contributed by atoms with Crippen molar-refractivity contribution < 1.29 is 27.5 Å². The van der Waals surface area contributed by atoms with Gasteiger partial charge in [-0.2, -0.15) is 18.3 Å². The number of nitrogens with zero attached hydrogens (tertiary/aromatic N) is 4. The number of nitrogens with one attached hydrogen (secondary N) is 1. The van der Waals surface area contributed by atoms with E-state index in [0.717, 1.165) is 10.6 Å². The Bertz CT molecular complexity index is 825. The lowest BCUT2D eigenvalue weighted by Gasteiger charge is -2.23. The number of pyridine rings is 1. The molecule has 150 valence electrons. The number of alkyl halides is 3. The molecule has 0 aliphatic carbocycles. The topological polar surface area (TPSA) is 89.4 Å². The third-order valence-corrected chi connectivity index (χ3v) is 4.10. The van der Waals surface area contributed by atoms with Crippen LogP contribution in [0.5, 0.6) is 0 Å². The zero-order valence-electron chi connectivity index (χ0n) is 14.7. The lowest BCUT2D eigenvalue weighted by Crippen LogP contribution is -2.44. The van der Waals surface area contributed by atoms with E-state index >= 15 is 0 Å². The van der Waals surface area contributed by atoms with Crippen molar-refractivity contribution in [3.05, 3.63) is 42.5 Å². The summed E-state index contributed by atoms with van der Waals surface area (Å²) in [6.07, 6.45) is -0.215. The van der Waals surface area contributed by atoms with Gasteiger partial charge in [-0.25, -0.2) is 4.79 Å². The van der Waals surface area contributed by atoms with Crippen molar-refractivity contribution >= 4 is 17.7 Å². The van der Waals surface area contributed by atoms with E-state index in [2.05, 4.69) is 20.1 Å². The molecule has 1 unspecified atom stereocenters. The van der Waals surface area contributed by atoms with Gasteiger partial charge in [-0.15, -0.1) is 0 Å². The molecule has 1 N–H and O–H groups in total. The first-order valence-electron chi connectivity index (χ1n) is 8.55. The van der Waals surface area contributed by atoms with E-state index in [1.165, 1.54) is 6.20 Å². The maximum Gasteiger partial charge on any atom is 0.422 e. The average molecular weight is 397 g/mol. The van der Waals surface area contributed by atoms with Gasteiger partial charge in [-0.05, 0) is 25.0 Å². The quantitative estimate of drug-likeness (QED) is 0.837. The normalized spacial score (nSPS) is 16.8. The first kappa shape index (κ1) is 19.6. The Morgan fingerprint density at radius 3 is 2.86 bits per heavy atom. The molecule has 28 heavy (non-hydrogen) atoms. The van der Waals surface area contributed by atoms with Gasteiger partial charge in [0.2, 0.25) is 5.91 Å². The summed E-state index contributed by atoms with van der Waals surface area (Å²) >= 11 is 0. The fraction of sp³-hybridized carbons (Fsp3) is 0.412. The smallest absolute Gasteiger partial charge is 0.422 e. The third-order valence-electron chi connectivity index (χ3n) is 4.10. The maximum atomic E-state index is 12.5. The summed E-state index contributed by atoms with van der Waals surface area (Å²) < 4.78 is 42.5. The zero-order valence-corrected chi connectivity index (χ0v) is 14.7. The van der Waals surface area contributed by atoms with Gasteiger partial charge in [-0.1, -0.05) is 6.07 Å². The highest BCUT2D eigenvalue weighted by molar-refractivity contribution is 5.96. The van der Waals surface area contributed by atoms with Crippen molar-refractivity contribution in [3.63, 3.8) is 0 Å². The number of carbonyl (C=O) groups excluding carboxylic acids is 2. The Hall–Kier alpha value is -3.11. The van der Waals surface area contributed by atoms with Crippen LogP contribution >= 0.6 is 0 Å². The monoisotopic (exact) mass is 397 g/mol. The Morgan fingerprint density at radius 2 is 2.14 bits per heavy atom. The molecule has 3 rings (SSSR count). The number of halogens is 3. The Balaban J connectivity index is 1.57. The van der Waals surface area contributed by atoms with Crippen LogP contribution < -0.4 is 5.32 Å². The Labute approximate surface area is 158 Å². The number of hydrogen-bond acceptors (Lipinski definition) is 5. The Kier molecular flexibility index (Phi) is 5.81. The Morgan fingerprint density at radius 1 is 1.32 bits per heavy atom. The molecule has 2 aromatic heterocycles. The second kappa shape index (κ2) is 8.28. The van der Waals surface area contributed by atoms with Crippen molar-refractivity contribution in [1.29, 1.82) is 0 Å². The van der Waals surface area contributed by atoms with Crippen LogP contribution in [0.1, 0.15) is 18.5 Å². The maximum absolute atomic E-state index is 12.5. The minimum absolute atomic E-state index is 0.160. The molecule has 1 atom stereocenters. The fourth-order valence-corrected chi connectivity index (χ4v) is 2.88. The molecule has 0 bridgehead atoms. The van der Waals surface area contributed by atoms with Gasteiger partial charge < -0.3 is 10.1 Å². The van der Waals surface area contributed by atoms with Crippen molar-refractivity contribution in [2.45, 2.75) is 31.6 Å². The predicted octanol–water partition coefficient (Wildman–Crippen LogP) is 2.43. The van der Waals surface area contributed by atoms with Crippen molar-refractivity contribution in [2.24, 2.45) is 0 Å². The molecule has 2 amide bonds. The summed E-state index contributed by atoms with van der Waals surface area (Å²) in [5.74, 6) is -0.501. The first-order valence-corrected chi connectivity index (χ1v) is 8.55. The number of amides is 2. The lowest BCUT2D eigenvalue weighted by atomic mass is 10.2. The molecule has 2 aromatic rings. The number of carbonyl (C=O) groups is 2. The number of aromatic nitrogens is 3. The molecule has 8 nitrogen and oxygen atoms in total. The van der Waals surface area contributed by atoms with Gasteiger partial charge in [0, 0.05) is 18.9 Å². The number of rotatable bonds is 5. The van der Waals surface area contributed by atoms with Crippen LogP contribution in [0, 0.1) is 0 Å². The minimum Gasteiger partial charge on any atom is -0.440 e. The van der Waals surface area contributed by atoms with Gasteiger partial charge in [0.25, 0.3) is 0 Å². The van der Waals surface area contributed by atoms with Gasteiger partial charge in [-0.3, -0.25) is 19.4 Å². The van der Waals surface area contributed by atoms with Crippen LogP contribution in [-0.2, 0) is 16.1 Å². The summed E-state index contributed by atoms with van der Waals surface area (Å²) in [7, 11) is 0. The van der Waals surface area contributed by atoms with Crippen LogP contribution in [-0.4, -0.2) is 57.0 Å². The highest BCUT2D eigenvalue weighted by Gasteiger charge is 2.37. The van der Waals surface area contributed by atoms with E-state index in [4.69, 9.17) is 0 Å². The molecule has 0 saturated carbocycles. The average Bonchev–Trinajstić information content (AvgIpc) is 3.29.